The maximum atomic E-state index is 11.8. The summed E-state index contributed by atoms with van der Waals surface area (Å²) in [6.07, 6.45) is 2.11. The molecule has 0 spiro atoms. The molecule has 0 aliphatic rings. The molecule has 0 atom stereocenters. The van der Waals surface area contributed by atoms with Crippen LogP contribution in [0, 0.1) is 10.1 Å². The number of hydrogen-bond donors (Lipinski definition) is 1. The Morgan fingerprint density at radius 3 is 2.73 bits per heavy atom. The van der Waals surface area contributed by atoms with Gasteiger partial charge in [0.25, 0.3) is 5.91 Å². The van der Waals surface area contributed by atoms with Crippen LogP contribution in [0.3, 0.4) is 0 Å². The van der Waals surface area contributed by atoms with Crippen molar-refractivity contribution >= 4 is 17.8 Å². The Balaban J connectivity index is 1.92. The van der Waals surface area contributed by atoms with E-state index in [-0.39, 0.29) is 18.0 Å². The lowest BCUT2D eigenvalue weighted by Crippen LogP contribution is -2.24. The van der Waals surface area contributed by atoms with Gasteiger partial charge in [-0.25, -0.2) is 5.43 Å². The Bertz CT molecular complexity index is 820. The molecule has 0 aromatic heterocycles. The molecule has 0 unspecified atom stereocenters. The lowest BCUT2D eigenvalue weighted by molar-refractivity contribution is -0.385. The lowest BCUT2D eigenvalue weighted by atomic mass is 10.1. The van der Waals surface area contributed by atoms with Crippen molar-refractivity contribution in [1.29, 1.82) is 0 Å². The molecule has 2 aromatic carbocycles. The number of nitrogens with one attached hydrogen (secondary N) is 1. The molecule has 2 rings (SSSR count). The van der Waals surface area contributed by atoms with E-state index in [9.17, 15) is 14.9 Å². The molecule has 0 aliphatic carbocycles. The Labute approximate surface area is 150 Å². The number of aryl methyl sites for hydroxylation is 1. The van der Waals surface area contributed by atoms with Crippen molar-refractivity contribution in [3.05, 3.63) is 63.7 Å². The first-order chi connectivity index (χ1) is 12.5. The van der Waals surface area contributed by atoms with Gasteiger partial charge >= 0.3 is 5.69 Å². The molecule has 0 bridgehead atoms. The summed E-state index contributed by atoms with van der Waals surface area (Å²) in [5.74, 6) is 0.370. The first kappa shape index (κ1) is 18.9. The van der Waals surface area contributed by atoms with Crippen molar-refractivity contribution < 1.29 is 19.2 Å². The van der Waals surface area contributed by atoms with E-state index in [1.807, 2.05) is 25.1 Å². The van der Waals surface area contributed by atoms with Crippen molar-refractivity contribution in [1.82, 2.24) is 5.43 Å². The summed E-state index contributed by atoms with van der Waals surface area (Å²) in [6.45, 7) is 1.82. The smallest absolute Gasteiger partial charge is 0.311 e. The second-order valence-corrected chi connectivity index (χ2v) is 5.23. The molecular formula is C18H19N3O5. The summed E-state index contributed by atoms with van der Waals surface area (Å²) in [5.41, 5.74) is 3.60. The van der Waals surface area contributed by atoms with Crippen molar-refractivity contribution in [3.63, 3.8) is 0 Å². The third-order valence-corrected chi connectivity index (χ3v) is 3.51. The Kier molecular flexibility index (Phi) is 6.67. The predicted molar refractivity (Wildman–Crippen MR) is 96.7 cm³/mol. The highest BCUT2D eigenvalue weighted by Gasteiger charge is 2.14. The van der Waals surface area contributed by atoms with Crippen LogP contribution in [-0.2, 0) is 11.2 Å². The number of nitrogens with zero attached hydrogens (tertiary/aromatic N) is 2. The fourth-order valence-electron chi connectivity index (χ4n) is 2.22. The molecule has 136 valence electrons. The molecule has 2 aromatic rings. The van der Waals surface area contributed by atoms with Crippen LogP contribution in [0.15, 0.2) is 47.6 Å². The van der Waals surface area contributed by atoms with Gasteiger partial charge in [-0.05, 0) is 30.2 Å². The number of ether oxygens (including phenoxy) is 2. The van der Waals surface area contributed by atoms with Gasteiger partial charge in [-0.3, -0.25) is 14.9 Å². The zero-order chi connectivity index (χ0) is 18.9. The summed E-state index contributed by atoms with van der Waals surface area (Å²) < 4.78 is 10.4. The third-order valence-electron chi connectivity index (χ3n) is 3.51. The summed E-state index contributed by atoms with van der Waals surface area (Å²) in [7, 11) is 1.35. The average Bonchev–Trinajstić information content (AvgIpc) is 2.66. The molecule has 8 nitrogen and oxygen atoms in total. The molecule has 0 aliphatic heterocycles. The van der Waals surface area contributed by atoms with Crippen LogP contribution in [0.4, 0.5) is 5.69 Å². The van der Waals surface area contributed by atoms with Crippen LogP contribution in [0.5, 0.6) is 11.5 Å². The molecule has 0 heterocycles. The normalized spacial score (nSPS) is 10.5. The highest BCUT2D eigenvalue weighted by Crippen LogP contribution is 2.26. The zero-order valence-electron chi connectivity index (χ0n) is 14.5. The fourth-order valence-corrected chi connectivity index (χ4v) is 2.22. The minimum absolute atomic E-state index is 0.152. The first-order valence-electron chi connectivity index (χ1n) is 7.90. The number of amides is 1. The van der Waals surface area contributed by atoms with Crippen LogP contribution in [0.1, 0.15) is 18.1 Å². The minimum atomic E-state index is -0.548. The van der Waals surface area contributed by atoms with E-state index in [1.165, 1.54) is 25.5 Å². The number of nitro groups is 1. The average molecular weight is 357 g/mol. The number of nitro benzene ring substituents is 1. The molecule has 0 radical (unpaired) electrons. The van der Waals surface area contributed by atoms with Crippen molar-refractivity contribution in [3.8, 4) is 11.5 Å². The van der Waals surface area contributed by atoms with E-state index in [0.29, 0.717) is 11.3 Å². The van der Waals surface area contributed by atoms with Crippen LogP contribution in [0.25, 0.3) is 0 Å². The standard InChI is InChI=1S/C18H19N3O5/c1-3-14-6-4-5-7-16(14)26-12-18(22)20-19-11-13-8-9-17(25-2)15(10-13)21(23)24/h4-11H,3,12H2,1-2H3,(H,20,22)/b19-11+. The summed E-state index contributed by atoms with van der Waals surface area (Å²) in [6, 6.07) is 11.8. The van der Waals surface area contributed by atoms with E-state index < -0.39 is 10.8 Å². The Morgan fingerprint density at radius 2 is 2.04 bits per heavy atom. The molecule has 0 fully saturated rings. The summed E-state index contributed by atoms with van der Waals surface area (Å²) in [4.78, 5) is 22.2. The topological polar surface area (TPSA) is 103 Å². The van der Waals surface area contributed by atoms with Gasteiger partial charge < -0.3 is 9.47 Å². The van der Waals surface area contributed by atoms with Crippen LogP contribution in [0.2, 0.25) is 0 Å². The second kappa shape index (κ2) is 9.16. The van der Waals surface area contributed by atoms with Gasteiger partial charge in [-0.2, -0.15) is 5.10 Å². The molecule has 0 saturated heterocycles. The number of para-hydroxylation sites is 1. The SMILES string of the molecule is CCc1ccccc1OCC(=O)N/N=C/c1ccc(OC)c([N+](=O)[O-])c1. The highest BCUT2D eigenvalue weighted by atomic mass is 16.6. The van der Waals surface area contributed by atoms with Gasteiger partial charge in [0.2, 0.25) is 0 Å². The first-order valence-corrected chi connectivity index (χ1v) is 7.90. The van der Waals surface area contributed by atoms with Gasteiger partial charge in [-0.1, -0.05) is 25.1 Å². The lowest BCUT2D eigenvalue weighted by Gasteiger charge is -2.09. The van der Waals surface area contributed by atoms with Crippen LogP contribution in [-0.4, -0.2) is 30.8 Å². The zero-order valence-corrected chi connectivity index (χ0v) is 14.5. The number of hydrazone groups is 1. The van der Waals surface area contributed by atoms with Crippen molar-refractivity contribution in [2.45, 2.75) is 13.3 Å². The number of methoxy groups -OCH3 is 1. The minimum Gasteiger partial charge on any atom is -0.490 e. The monoisotopic (exact) mass is 357 g/mol. The number of hydrogen-bond acceptors (Lipinski definition) is 6. The Hall–Kier alpha value is -3.42. The molecule has 26 heavy (non-hydrogen) atoms. The maximum absolute atomic E-state index is 11.8. The van der Waals surface area contributed by atoms with Crippen molar-refractivity contribution in [2.75, 3.05) is 13.7 Å². The summed E-state index contributed by atoms with van der Waals surface area (Å²) in [5, 5.41) is 14.8. The van der Waals surface area contributed by atoms with Gasteiger partial charge in [0.15, 0.2) is 12.4 Å². The van der Waals surface area contributed by atoms with E-state index in [0.717, 1.165) is 12.0 Å². The van der Waals surface area contributed by atoms with E-state index in [1.54, 1.807) is 12.1 Å². The molecular weight excluding hydrogens is 338 g/mol. The number of rotatable bonds is 8. The van der Waals surface area contributed by atoms with Crippen LogP contribution >= 0.6 is 0 Å². The quantitative estimate of drug-likeness (QED) is 0.444. The number of carbonyl (C=O) groups excluding carboxylic acids is 1. The second-order valence-electron chi connectivity index (χ2n) is 5.23. The van der Waals surface area contributed by atoms with Crippen molar-refractivity contribution in [2.24, 2.45) is 5.10 Å². The molecule has 0 saturated carbocycles. The third kappa shape index (κ3) is 5.04. The van der Waals surface area contributed by atoms with E-state index >= 15 is 0 Å². The molecule has 1 amide bonds. The highest BCUT2D eigenvalue weighted by molar-refractivity contribution is 5.84. The van der Waals surface area contributed by atoms with E-state index in [2.05, 4.69) is 10.5 Å². The van der Waals surface area contributed by atoms with Crippen LogP contribution < -0.4 is 14.9 Å². The predicted octanol–water partition coefficient (Wildman–Crippen LogP) is 2.69. The van der Waals surface area contributed by atoms with Gasteiger partial charge in [0.05, 0.1) is 18.2 Å². The number of benzene rings is 2. The molecule has 8 heteroatoms. The maximum Gasteiger partial charge on any atom is 0.311 e. The molecule has 1 N–H and O–H groups in total. The fraction of sp³-hybridized carbons (Fsp3) is 0.222. The van der Waals surface area contributed by atoms with Gasteiger partial charge in [0.1, 0.15) is 5.75 Å². The number of carbonyl (C=O) groups is 1. The van der Waals surface area contributed by atoms with Gasteiger partial charge in [0, 0.05) is 11.6 Å². The Morgan fingerprint density at radius 1 is 1.27 bits per heavy atom. The van der Waals surface area contributed by atoms with Gasteiger partial charge in [-0.15, -0.1) is 0 Å². The summed E-state index contributed by atoms with van der Waals surface area (Å²) >= 11 is 0. The van der Waals surface area contributed by atoms with E-state index in [4.69, 9.17) is 9.47 Å². The largest absolute Gasteiger partial charge is 0.490 e.